The third-order valence-electron chi connectivity index (χ3n) is 13.6. The van der Waals surface area contributed by atoms with Crippen molar-refractivity contribution in [2.45, 2.75) is 25.7 Å². The van der Waals surface area contributed by atoms with Gasteiger partial charge in [0.2, 0.25) is 0 Å². The Labute approximate surface area is 349 Å². The maximum Gasteiger partial charge on any atom is 0.0641 e. The fourth-order valence-corrected chi connectivity index (χ4v) is 10.8. The van der Waals surface area contributed by atoms with Crippen molar-refractivity contribution in [2.75, 3.05) is 4.90 Å². The first-order valence-electron chi connectivity index (χ1n) is 21.0. The van der Waals surface area contributed by atoms with Gasteiger partial charge in [-0.25, -0.2) is 0 Å². The summed E-state index contributed by atoms with van der Waals surface area (Å²) in [6, 6.07) is 74.3. The van der Waals surface area contributed by atoms with Crippen LogP contribution in [0.4, 0.5) is 17.1 Å². The number of hydrogen-bond acceptors (Lipinski definition) is 1. The smallest absolute Gasteiger partial charge is 0.0641 e. The van der Waals surface area contributed by atoms with Crippen molar-refractivity contribution >= 4 is 55.2 Å². The summed E-state index contributed by atoms with van der Waals surface area (Å²) in [5.41, 5.74) is 22.5. The minimum atomic E-state index is -0.133. The van der Waals surface area contributed by atoms with Crippen molar-refractivity contribution < 1.29 is 0 Å². The molecule has 60 heavy (non-hydrogen) atoms. The standard InChI is InChI=1S/C58H38N2/c1-58(2)50-18-8-5-15-47(50)55-44(17-11-19-51(55)58)37-26-30-42(31-27-37)59(41-28-24-36(25-29-41)38-22-23-40-34-39-12-3-4-13-43(39)49(40)35-38)54-33-32-46-45-14-6-9-20-52(45)60-53-21-10-7-16-48(53)56(54)57(46)60/h3-7,9-17,19-33,35H,34H2,1-2H3. The molecular weight excluding hydrogens is 725 g/mol. The molecule has 2 aliphatic carbocycles. The molecule has 0 N–H and O–H groups in total. The Kier molecular flexibility index (Phi) is 6.79. The second-order valence-electron chi connectivity index (χ2n) is 17.1. The lowest BCUT2D eigenvalue weighted by Gasteiger charge is -2.27. The van der Waals surface area contributed by atoms with Gasteiger partial charge in [0.1, 0.15) is 0 Å². The van der Waals surface area contributed by atoms with Crippen LogP contribution in [-0.4, -0.2) is 4.40 Å². The molecule has 2 heteroatoms. The molecule has 0 unspecified atom stereocenters. The van der Waals surface area contributed by atoms with Crippen LogP contribution in [0.3, 0.4) is 0 Å². The van der Waals surface area contributed by atoms with Crippen molar-refractivity contribution in [1.82, 2.24) is 4.40 Å². The van der Waals surface area contributed by atoms with Crippen molar-refractivity contribution in [3.05, 3.63) is 216 Å². The van der Waals surface area contributed by atoms with E-state index < -0.39 is 0 Å². The number of hydrogen-bond donors (Lipinski definition) is 0. The highest BCUT2D eigenvalue weighted by atomic mass is 15.1. The molecule has 11 aromatic rings. The predicted molar refractivity (Wildman–Crippen MR) is 250 cm³/mol. The second-order valence-corrected chi connectivity index (χ2v) is 17.1. The first kappa shape index (κ1) is 33.4. The lowest BCUT2D eigenvalue weighted by Crippen LogP contribution is -2.14. The average Bonchev–Trinajstić information content (AvgIpc) is 4.02. The fraction of sp³-hybridized carbons (Fsp3) is 0.0690. The number of rotatable bonds is 5. The lowest BCUT2D eigenvalue weighted by atomic mass is 9.82. The van der Waals surface area contributed by atoms with Gasteiger partial charge in [-0.2, -0.15) is 0 Å². The Hall–Kier alpha value is -7.60. The summed E-state index contributed by atoms with van der Waals surface area (Å²) in [7, 11) is 0. The molecule has 0 aliphatic heterocycles. The zero-order chi connectivity index (χ0) is 39.7. The van der Waals surface area contributed by atoms with E-state index in [4.69, 9.17) is 0 Å². The topological polar surface area (TPSA) is 7.65 Å². The van der Waals surface area contributed by atoms with E-state index in [0.717, 1.165) is 23.5 Å². The first-order chi connectivity index (χ1) is 29.5. The minimum Gasteiger partial charge on any atom is -0.310 e. The highest BCUT2D eigenvalue weighted by Crippen LogP contribution is 2.52. The van der Waals surface area contributed by atoms with Gasteiger partial charge in [-0.05, 0) is 128 Å². The van der Waals surface area contributed by atoms with Crippen LogP contribution in [0.1, 0.15) is 36.1 Å². The van der Waals surface area contributed by atoms with Crippen LogP contribution >= 0.6 is 0 Å². The molecule has 0 fully saturated rings. The van der Waals surface area contributed by atoms with Crippen LogP contribution in [0.15, 0.2) is 182 Å². The predicted octanol–water partition coefficient (Wildman–Crippen LogP) is 15.1. The number of anilines is 3. The molecule has 0 saturated carbocycles. The number of aromatic nitrogens is 1. The molecule has 2 aliphatic rings. The summed E-state index contributed by atoms with van der Waals surface area (Å²) in [4.78, 5) is 2.46. The summed E-state index contributed by atoms with van der Waals surface area (Å²) >= 11 is 0. The minimum absolute atomic E-state index is 0.133. The van der Waals surface area contributed by atoms with Crippen molar-refractivity contribution in [2.24, 2.45) is 0 Å². The Balaban J connectivity index is 0.990. The Bertz CT molecular complexity index is 3530. The zero-order valence-electron chi connectivity index (χ0n) is 33.4. The number of benzene rings is 8. The zero-order valence-corrected chi connectivity index (χ0v) is 33.4. The van der Waals surface area contributed by atoms with Crippen LogP contribution in [0.2, 0.25) is 0 Å². The maximum atomic E-state index is 3.46. The van der Waals surface area contributed by atoms with Crippen molar-refractivity contribution in [3.63, 3.8) is 0 Å². The number of para-hydroxylation sites is 2. The van der Waals surface area contributed by atoms with Gasteiger partial charge in [0.15, 0.2) is 0 Å². The number of fused-ring (bicyclic) bond motifs is 12. The van der Waals surface area contributed by atoms with E-state index in [-0.39, 0.29) is 5.41 Å². The highest BCUT2D eigenvalue weighted by Gasteiger charge is 2.37. The number of nitrogens with zero attached hydrogens (tertiary/aromatic N) is 2. The van der Waals surface area contributed by atoms with E-state index in [1.807, 2.05) is 6.07 Å². The molecule has 13 rings (SSSR count). The summed E-state index contributed by atoms with van der Waals surface area (Å²) in [5, 5.41) is 5.08. The van der Waals surface area contributed by atoms with Crippen molar-refractivity contribution in [3.8, 4) is 44.5 Å². The maximum absolute atomic E-state index is 3.46. The highest BCUT2D eigenvalue weighted by molar-refractivity contribution is 6.27. The van der Waals surface area contributed by atoms with Gasteiger partial charge in [-0.15, -0.1) is 0 Å². The van der Waals surface area contributed by atoms with Gasteiger partial charge < -0.3 is 9.30 Å². The Morgan fingerprint density at radius 2 is 1.18 bits per heavy atom. The Morgan fingerprint density at radius 1 is 0.517 bits per heavy atom. The normalized spacial score (nSPS) is 13.4. The monoisotopic (exact) mass is 762 g/mol. The van der Waals surface area contributed by atoms with E-state index in [9.17, 15) is 0 Å². The van der Waals surface area contributed by atoms with E-state index in [1.54, 1.807) is 0 Å². The van der Waals surface area contributed by atoms with E-state index in [2.05, 4.69) is 211 Å². The molecule has 0 atom stereocenters. The molecule has 2 nitrogen and oxygen atoms in total. The molecule has 0 saturated heterocycles. The molecule has 9 aromatic carbocycles. The Morgan fingerprint density at radius 3 is 2.00 bits per heavy atom. The third-order valence-corrected chi connectivity index (χ3v) is 13.6. The molecule has 0 amide bonds. The van der Waals surface area contributed by atoms with Crippen LogP contribution in [0.25, 0.3) is 82.6 Å². The van der Waals surface area contributed by atoms with E-state index >= 15 is 0 Å². The summed E-state index contributed by atoms with van der Waals surface area (Å²) in [6.07, 6.45) is 1.00. The largest absolute Gasteiger partial charge is 0.310 e. The van der Waals surface area contributed by atoms with Gasteiger partial charge in [-0.1, -0.05) is 147 Å². The average molecular weight is 763 g/mol. The van der Waals surface area contributed by atoms with E-state index in [0.29, 0.717) is 0 Å². The SMILES string of the molecule is CC1(C)c2c#cccc2-c2c(-c3ccc(N(c4ccc(-c5ccc6c(c5)-c5ccccc5C6)cc4)c4ccc5c6ccccc6n6c7ccccc7c4c56)cc3)cccc21. The van der Waals surface area contributed by atoms with Gasteiger partial charge >= 0.3 is 0 Å². The van der Waals surface area contributed by atoms with Gasteiger partial charge in [0, 0.05) is 43.9 Å². The second kappa shape index (κ2) is 12.2. The van der Waals surface area contributed by atoms with Gasteiger partial charge in [0.25, 0.3) is 0 Å². The third kappa shape index (κ3) is 4.55. The van der Waals surface area contributed by atoms with Crippen LogP contribution in [0, 0.1) is 12.1 Å². The summed E-state index contributed by atoms with van der Waals surface area (Å²) < 4.78 is 2.47. The molecule has 0 spiro atoms. The quantitative estimate of drug-likeness (QED) is 0.169. The van der Waals surface area contributed by atoms with Crippen molar-refractivity contribution in [1.29, 1.82) is 0 Å². The van der Waals surface area contributed by atoms with Crippen LogP contribution < -0.4 is 4.90 Å². The van der Waals surface area contributed by atoms with Gasteiger partial charge in [-0.3, -0.25) is 0 Å². The van der Waals surface area contributed by atoms with E-state index in [1.165, 1.54) is 105 Å². The lowest BCUT2D eigenvalue weighted by molar-refractivity contribution is 0.661. The molecular formula is C58H38N2. The fourth-order valence-electron chi connectivity index (χ4n) is 10.8. The summed E-state index contributed by atoms with van der Waals surface area (Å²) in [6.45, 7) is 4.61. The molecule has 0 radical (unpaired) electrons. The molecule has 0 bridgehead atoms. The van der Waals surface area contributed by atoms with Crippen LogP contribution in [0.5, 0.6) is 0 Å². The first-order valence-corrected chi connectivity index (χ1v) is 21.0. The molecule has 280 valence electrons. The molecule has 2 aromatic heterocycles. The van der Waals surface area contributed by atoms with Crippen LogP contribution in [-0.2, 0) is 11.8 Å². The summed E-state index contributed by atoms with van der Waals surface area (Å²) in [5.74, 6) is 0. The molecule has 2 heterocycles. The van der Waals surface area contributed by atoms with Gasteiger partial charge in [0.05, 0.1) is 22.2 Å².